The number of nitrogens with zero attached hydrogens (tertiary/aromatic N) is 2. The summed E-state index contributed by atoms with van der Waals surface area (Å²) in [5.74, 6) is 3.07. The van der Waals surface area contributed by atoms with Crippen molar-refractivity contribution >= 4 is 78.5 Å². The Hall–Kier alpha value is -7.41. The zero-order valence-electron chi connectivity index (χ0n) is 32.4. The van der Waals surface area contributed by atoms with Crippen molar-refractivity contribution in [2.75, 3.05) is 0 Å². The molecule has 4 nitrogen and oxygen atoms in total. The fourth-order valence-corrected chi connectivity index (χ4v) is 10.4. The van der Waals surface area contributed by atoms with Gasteiger partial charge in [0.2, 0.25) is 0 Å². The highest BCUT2D eigenvalue weighted by Gasteiger charge is 2.36. The molecular formula is C54H35BN2O2S. The van der Waals surface area contributed by atoms with Gasteiger partial charge >= 0.3 is 0 Å². The predicted molar refractivity (Wildman–Crippen MR) is 250 cm³/mol. The van der Waals surface area contributed by atoms with Crippen LogP contribution in [0.25, 0.3) is 55.0 Å². The van der Waals surface area contributed by atoms with E-state index in [1.54, 1.807) is 0 Å². The van der Waals surface area contributed by atoms with Crippen LogP contribution in [0.5, 0.6) is 23.0 Å². The topological polar surface area (TPSA) is 28.3 Å². The van der Waals surface area contributed by atoms with Crippen LogP contribution in [0.15, 0.2) is 222 Å². The van der Waals surface area contributed by atoms with Gasteiger partial charge < -0.3 is 18.6 Å². The Morgan fingerprint density at radius 2 is 0.967 bits per heavy atom. The number of para-hydroxylation sites is 5. The van der Waals surface area contributed by atoms with Crippen LogP contribution in [-0.2, 0) is 0 Å². The minimum atomic E-state index is -0.163. The van der Waals surface area contributed by atoms with Crippen molar-refractivity contribution in [3.8, 4) is 34.4 Å². The van der Waals surface area contributed by atoms with Crippen LogP contribution in [0, 0.1) is 0 Å². The molecule has 0 atom stereocenters. The van der Waals surface area contributed by atoms with Crippen LogP contribution >= 0.6 is 11.8 Å². The first kappa shape index (κ1) is 34.6. The molecule has 3 heterocycles. The molecule has 0 radical (unpaired) electrons. The number of hydrogen-bond donors (Lipinski definition) is 0. The van der Waals surface area contributed by atoms with Crippen molar-refractivity contribution in [3.63, 3.8) is 0 Å². The molecule has 0 saturated carbocycles. The lowest BCUT2D eigenvalue weighted by Crippen LogP contribution is -2.55. The zero-order chi connectivity index (χ0) is 39.6. The quantitative estimate of drug-likeness (QED) is 0.151. The average molecular weight is 787 g/mol. The van der Waals surface area contributed by atoms with E-state index in [0.29, 0.717) is 0 Å². The van der Waals surface area contributed by atoms with Gasteiger partial charge in [-0.2, -0.15) is 0 Å². The monoisotopic (exact) mass is 786 g/mol. The fraction of sp³-hybridized carbons (Fsp3) is 0. The van der Waals surface area contributed by atoms with Crippen molar-refractivity contribution in [1.29, 1.82) is 0 Å². The van der Waals surface area contributed by atoms with Crippen LogP contribution in [0.4, 0.5) is 0 Å². The number of hydrogen-bond acceptors (Lipinski definition) is 3. The van der Waals surface area contributed by atoms with E-state index in [1.807, 2.05) is 78.5 Å². The second-order valence-corrected chi connectivity index (χ2v) is 16.3. The Balaban J connectivity index is 1.09. The summed E-state index contributed by atoms with van der Waals surface area (Å²) in [4.78, 5) is 2.41. The van der Waals surface area contributed by atoms with E-state index in [0.717, 1.165) is 39.8 Å². The van der Waals surface area contributed by atoms with Crippen molar-refractivity contribution in [3.05, 3.63) is 212 Å². The number of rotatable bonds is 7. The minimum absolute atomic E-state index is 0.163. The largest absolute Gasteiger partial charge is 0.458 e. The summed E-state index contributed by atoms with van der Waals surface area (Å²) in [6.07, 6.45) is 0. The van der Waals surface area contributed by atoms with E-state index in [4.69, 9.17) is 9.47 Å². The lowest BCUT2D eigenvalue weighted by atomic mass is 9.36. The van der Waals surface area contributed by atoms with Gasteiger partial charge in [0, 0.05) is 48.2 Å². The summed E-state index contributed by atoms with van der Waals surface area (Å²) in [7, 11) is 0. The van der Waals surface area contributed by atoms with Crippen LogP contribution in [0.3, 0.4) is 0 Å². The van der Waals surface area contributed by atoms with E-state index in [2.05, 4.69) is 155 Å². The summed E-state index contributed by atoms with van der Waals surface area (Å²) >= 11 is 1.83. The Morgan fingerprint density at radius 3 is 1.68 bits per heavy atom. The summed E-state index contributed by atoms with van der Waals surface area (Å²) in [5.41, 5.74) is 10.4. The standard InChI is InChI=1S/C54H35BN2O2S/c1-4-17-36(18-5-1)57-45-26-13-10-23-40(45)41-32-34-47-52(54(41)57)42-24-11-14-27-46(42)56(47)37-31-33-44-51(35-37)60-50-30-15-12-25-43(50)55(44)53-48(58-38-19-6-2-7-20-38)28-16-29-49(53)59-39-21-8-3-9-22-39/h1-35H. The first-order chi connectivity index (χ1) is 29.8. The molecule has 2 aromatic heterocycles. The highest BCUT2D eigenvalue weighted by atomic mass is 32.2. The first-order valence-corrected chi connectivity index (χ1v) is 21.1. The maximum absolute atomic E-state index is 6.76. The van der Waals surface area contributed by atoms with E-state index in [9.17, 15) is 0 Å². The van der Waals surface area contributed by atoms with Gasteiger partial charge in [0.15, 0.2) is 0 Å². The van der Waals surface area contributed by atoms with Gasteiger partial charge in [-0.1, -0.05) is 150 Å². The maximum Gasteiger partial charge on any atom is 0.253 e. The van der Waals surface area contributed by atoms with Crippen molar-refractivity contribution in [1.82, 2.24) is 9.13 Å². The van der Waals surface area contributed by atoms with Gasteiger partial charge in [-0.25, -0.2) is 0 Å². The highest BCUT2D eigenvalue weighted by molar-refractivity contribution is 8.00. The van der Waals surface area contributed by atoms with Crippen LogP contribution < -0.4 is 25.9 Å². The third-order valence-corrected chi connectivity index (χ3v) is 12.9. The molecule has 0 spiro atoms. The van der Waals surface area contributed by atoms with Crippen LogP contribution in [-0.4, -0.2) is 15.8 Å². The molecule has 0 amide bonds. The Labute approximate surface area is 352 Å². The number of ether oxygens (including phenoxy) is 2. The van der Waals surface area contributed by atoms with Crippen molar-refractivity contribution < 1.29 is 9.47 Å². The summed E-state index contributed by atoms with van der Waals surface area (Å²) in [5, 5.41) is 4.96. The van der Waals surface area contributed by atoms with E-state index in [-0.39, 0.29) is 6.71 Å². The molecule has 282 valence electrons. The van der Waals surface area contributed by atoms with E-state index < -0.39 is 0 Å². The molecule has 0 unspecified atom stereocenters. The number of aromatic nitrogens is 2. The molecule has 12 rings (SSSR count). The molecular weight excluding hydrogens is 751 g/mol. The first-order valence-electron chi connectivity index (χ1n) is 20.3. The molecule has 0 bridgehead atoms. The Bertz CT molecular complexity index is 3360. The minimum Gasteiger partial charge on any atom is -0.458 e. The van der Waals surface area contributed by atoms with Crippen molar-refractivity contribution in [2.24, 2.45) is 0 Å². The SMILES string of the molecule is c1ccc(Oc2cccc(Oc3ccccc3)c2B2c3ccccc3Sc3cc(-n4c5ccccc5c5c4ccc4c6ccccc6n(-c6ccccc6)c45)ccc32)cc1. The zero-order valence-corrected chi connectivity index (χ0v) is 33.2. The average Bonchev–Trinajstić information content (AvgIpc) is 3.82. The fourth-order valence-electron chi connectivity index (χ4n) is 9.25. The predicted octanol–water partition coefficient (Wildman–Crippen LogP) is 12.4. The van der Waals surface area contributed by atoms with E-state index in [1.165, 1.54) is 64.3 Å². The normalized spacial score (nSPS) is 12.2. The molecule has 11 aromatic rings. The van der Waals surface area contributed by atoms with Gasteiger partial charge in [-0.15, -0.1) is 0 Å². The van der Waals surface area contributed by atoms with Gasteiger partial charge in [-0.3, -0.25) is 0 Å². The molecule has 6 heteroatoms. The van der Waals surface area contributed by atoms with Gasteiger partial charge in [-0.05, 0) is 84.9 Å². The van der Waals surface area contributed by atoms with Gasteiger partial charge in [0.25, 0.3) is 6.71 Å². The molecule has 1 aliphatic rings. The van der Waals surface area contributed by atoms with Gasteiger partial charge in [0.05, 0.1) is 22.1 Å². The summed E-state index contributed by atoms with van der Waals surface area (Å²) in [6, 6.07) is 74.9. The van der Waals surface area contributed by atoms with Gasteiger partial charge in [0.1, 0.15) is 23.0 Å². The molecule has 60 heavy (non-hydrogen) atoms. The molecule has 0 saturated heterocycles. The molecule has 1 aliphatic heterocycles. The second-order valence-electron chi connectivity index (χ2n) is 15.2. The third-order valence-electron chi connectivity index (χ3n) is 11.8. The number of fused-ring (bicyclic) bond motifs is 9. The summed E-state index contributed by atoms with van der Waals surface area (Å²) < 4.78 is 18.4. The van der Waals surface area contributed by atoms with Crippen LogP contribution in [0.2, 0.25) is 0 Å². The van der Waals surface area contributed by atoms with Crippen molar-refractivity contribution in [2.45, 2.75) is 9.79 Å². The number of benzene rings is 9. The third kappa shape index (κ3) is 5.56. The Kier molecular flexibility index (Phi) is 8.17. The second kappa shape index (κ2) is 14.2. The molecule has 0 N–H and O–H groups in total. The Morgan fingerprint density at radius 1 is 0.383 bits per heavy atom. The molecule has 0 aliphatic carbocycles. The lowest BCUT2D eigenvalue weighted by molar-refractivity contribution is 0.467. The smallest absolute Gasteiger partial charge is 0.253 e. The highest BCUT2D eigenvalue weighted by Crippen LogP contribution is 2.43. The van der Waals surface area contributed by atoms with E-state index >= 15 is 0 Å². The summed E-state index contributed by atoms with van der Waals surface area (Å²) in [6.45, 7) is -0.163. The molecule has 9 aromatic carbocycles. The lowest BCUT2D eigenvalue weighted by Gasteiger charge is -2.29. The maximum atomic E-state index is 6.76. The van der Waals surface area contributed by atoms with Crippen LogP contribution in [0.1, 0.15) is 0 Å². The molecule has 0 fully saturated rings.